The van der Waals surface area contributed by atoms with E-state index in [0.29, 0.717) is 17.7 Å². The van der Waals surface area contributed by atoms with Gasteiger partial charge in [-0.3, -0.25) is 9.59 Å². The Balaban J connectivity index is 1.28. The Morgan fingerprint density at radius 1 is 0.763 bits per heavy atom. The summed E-state index contributed by atoms with van der Waals surface area (Å²) < 4.78 is 5.68. The first-order valence-electron chi connectivity index (χ1n) is 12.6. The van der Waals surface area contributed by atoms with Crippen molar-refractivity contribution in [1.82, 2.24) is 5.32 Å². The molecule has 0 radical (unpaired) electrons. The predicted molar refractivity (Wildman–Crippen MR) is 147 cm³/mol. The number of carbonyl (C=O) groups excluding carboxylic acids is 3. The van der Waals surface area contributed by atoms with E-state index in [9.17, 15) is 14.4 Å². The lowest BCUT2D eigenvalue weighted by Crippen LogP contribution is -2.45. The van der Waals surface area contributed by atoms with Crippen molar-refractivity contribution in [3.63, 3.8) is 0 Å². The molecule has 190 valence electrons. The largest absolute Gasteiger partial charge is 0.449 e. The summed E-state index contributed by atoms with van der Waals surface area (Å²) in [4.78, 5) is 37.7. The first-order valence-corrected chi connectivity index (χ1v) is 12.6. The van der Waals surface area contributed by atoms with Crippen LogP contribution < -0.4 is 10.6 Å². The summed E-state index contributed by atoms with van der Waals surface area (Å²) >= 11 is 0. The third-order valence-electron chi connectivity index (χ3n) is 6.79. The summed E-state index contributed by atoms with van der Waals surface area (Å²) in [7, 11) is 0. The summed E-state index contributed by atoms with van der Waals surface area (Å²) in [6, 6.07) is 31.5. The number of ketones is 1. The molecule has 2 amide bonds. The number of nitrogens with one attached hydrogen (secondary N) is 2. The highest BCUT2D eigenvalue weighted by Crippen LogP contribution is 2.44. The van der Waals surface area contributed by atoms with Crippen LogP contribution in [0.2, 0.25) is 0 Å². The topological polar surface area (TPSA) is 84.5 Å². The first kappa shape index (κ1) is 25.0. The highest BCUT2D eigenvalue weighted by molar-refractivity contribution is 5.98. The van der Waals surface area contributed by atoms with E-state index >= 15 is 0 Å². The van der Waals surface area contributed by atoms with Crippen molar-refractivity contribution in [3.05, 3.63) is 125 Å². The number of rotatable bonds is 8. The van der Waals surface area contributed by atoms with Crippen molar-refractivity contribution in [1.29, 1.82) is 0 Å². The Bertz CT molecular complexity index is 1420. The maximum absolute atomic E-state index is 13.2. The second-order valence-electron chi connectivity index (χ2n) is 9.33. The molecule has 38 heavy (non-hydrogen) atoms. The van der Waals surface area contributed by atoms with Crippen LogP contribution in [0.1, 0.15) is 39.9 Å². The molecule has 1 aliphatic carbocycles. The fourth-order valence-electron chi connectivity index (χ4n) is 4.86. The Hall–Kier alpha value is -4.71. The molecule has 1 atom stereocenters. The summed E-state index contributed by atoms with van der Waals surface area (Å²) in [6.45, 7) is 1.65. The number of hydrogen-bond acceptors (Lipinski definition) is 4. The standard InChI is InChI=1S/C32H28N2O4/c1-21(35)23-15-17-24(18-16-23)33-31(36)30(19-22-9-3-2-4-10-22)34-32(37)38-20-29-27-13-7-5-11-25(27)26-12-6-8-14-28(26)29/h2-18,29-30H,19-20H2,1H3,(H,33,36)(H,34,37)/t30-/m0/s1. The molecule has 0 bridgehead atoms. The molecule has 0 saturated carbocycles. The van der Waals surface area contributed by atoms with Gasteiger partial charge < -0.3 is 15.4 Å². The van der Waals surface area contributed by atoms with Gasteiger partial charge in [0.1, 0.15) is 12.6 Å². The molecular formula is C32H28N2O4. The zero-order chi connectivity index (χ0) is 26.5. The quantitative estimate of drug-likeness (QED) is 0.289. The van der Waals surface area contributed by atoms with Gasteiger partial charge in [0.2, 0.25) is 5.91 Å². The van der Waals surface area contributed by atoms with Gasteiger partial charge in [-0.2, -0.15) is 0 Å². The van der Waals surface area contributed by atoms with E-state index in [1.54, 1.807) is 24.3 Å². The second-order valence-corrected chi connectivity index (χ2v) is 9.33. The van der Waals surface area contributed by atoms with Crippen LogP contribution in [0.5, 0.6) is 0 Å². The van der Waals surface area contributed by atoms with Crippen LogP contribution in [0, 0.1) is 0 Å². The van der Waals surface area contributed by atoms with Gasteiger partial charge in [-0.05, 0) is 59.0 Å². The highest BCUT2D eigenvalue weighted by atomic mass is 16.5. The normalized spacial score (nSPS) is 12.7. The fraction of sp³-hybridized carbons (Fsp3) is 0.156. The minimum Gasteiger partial charge on any atom is -0.449 e. The highest BCUT2D eigenvalue weighted by Gasteiger charge is 2.30. The average Bonchev–Trinajstić information content (AvgIpc) is 3.26. The number of alkyl carbamates (subject to hydrolysis) is 1. The van der Waals surface area contributed by atoms with Crippen LogP contribution in [0.15, 0.2) is 103 Å². The van der Waals surface area contributed by atoms with E-state index in [-0.39, 0.29) is 24.2 Å². The number of amides is 2. The Morgan fingerprint density at radius 2 is 1.34 bits per heavy atom. The molecule has 6 nitrogen and oxygen atoms in total. The van der Waals surface area contributed by atoms with Crippen molar-refractivity contribution in [2.24, 2.45) is 0 Å². The second kappa shape index (κ2) is 11.1. The molecule has 4 aromatic carbocycles. The van der Waals surface area contributed by atoms with Gasteiger partial charge in [-0.25, -0.2) is 4.79 Å². The third-order valence-corrected chi connectivity index (χ3v) is 6.79. The van der Waals surface area contributed by atoms with E-state index in [1.807, 2.05) is 54.6 Å². The van der Waals surface area contributed by atoms with Crippen molar-refractivity contribution in [3.8, 4) is 11.1 Å². The predicted octanol–water partition coefficient (Wildman–Crippen LogP) is 5.98. The van der Waals surface area contributed by atoms with Crippen LogP contribution >= 0.6 is 0 Å². The van der Waals surface area contributed by atoms with Crippen LogP contribution in [-0.2, 0) is 16.0 Å². The van der Waals surface area contributed by atoms with E-state index in [2.05, 4.69) is 34.9 Å². The molecular weight excluding hydrogens is 476 g/mol. The zero-order valence-electron chi connectivity index (χ0n) is 21.0. The molecule has 0 fully saturated rings. The molecule has 0 heterocycles. The number of carbonyl (C=O) groups is 3. The van der Waals surface area contributed by atoms with E-state index < -0.39 is 12.1 Å². The third kappa shape index (κ3) is 5.49. The van der Waals surface area contributed by atoms with Gasteiger partial charge in [0.25, 0.3) is 0 Å². The molecule has 1 aliphatic rings. The first-order chi connectivity index (χ1) is 18.5. The van der Waals surface area contributed by atoms with Gasteiger partial charge in [-0.1, -0.05) is 78.9 Å². The van der Waals surface area contributed by atoms with Crippen molar-refractivity contribution in [2.75, 3.05) is 11.9 Å². The molecule has 0 spiro atoms. The van der Waals surface area contributed by atoms with E-state index in [1.165, 1.54) is 6.92 Å². The van der Waals surface area contributed by atoms with Crippen molar-refractivity contribution in [2.45, 2.75) is 25.3 Å². The summed E-state index contributed by atoms with van der Waals surface area (Å²) in [5, 5.41) is 5.60. The SMILES string of the molecule is CC(=O)c1ccc(NC(=O)[C@H](Cc2ccccc2)NC(=O)OCC2c3ccccc3-c3ccccc32)cc1. The smallest absolute Gasteiger partial charge is 0.407 e. The minimum absolute atomic E-state index is 0.0539. The van der Waals surface area contributed by atoms with Crippen LogP contribution in [0.4, 0.5) is 10.5 Å². The van der Waals surface area contributed by atoms with Gasteiger partial charge in [0.05, 0.1) is 0 Å². The molecule has 2 N–H and O–H groups in total. The lowest BCUT2D eigenvalue weighted by molar-refractivity contribution is -0.118. The molecule has 6 heteroatoms. The average molecular weight is 505 g/mol. The summed E-state index contributed by atoms with van der Waals surface area (Å²) in [5.41, 5.74) is 6.53. The monoisotopic (exact) mass is 504 g/mol. The van der Waals surface area contributed by atoms with Gasteiger partial charge in [0.15, 0.2) is 5.78 Å². The number of hydrogen-bond donors (Lipinski definition) is 2. The van der Waals surface area contributed by atoms with Crippen LogP contribution in [0.25, 0.3) is 11.1 Å². The molecule has 0 aliphatic heterocycles. The number of anilines is 1. The molecule has 0 saturated heterocycles. The van der Waals surface area contributed by atoms with Gasteiger partial charge in [-0.15, -0.1) is 0 Å². The number of ether oxygens (including phenoxy) is 1. The lowest BCUT2D eigenvalue weighted by atomic mass is 9.98. The fourth-order valence-corrected chi connectivity index (χ4v) is 4.86. The Kier molecular flexibility index (Phi) is 7.31. The van der Waals surface area contributed by atoms with Crippen LogP contribution in [-0.4, -0.2) is 30.4 Å². The van der Waals surface area contributed by atoms with Crippen LogP contribution in [0.3, 0.4) is 0 Å². The number of benzene rings is 4. The Morgan fingerprint density at radius 3 is 1.95 bits per heavy atom. The summed E-state index contributed by atoms with van der Waals surface area (Å²) in [6.07, 6.45) is -0.363. The number of fused-ring (bicyclic) bond motifs is 3. The van der Waals surface area contributed by atoms with Crippen molar-refractivity contribution >= 4 is 23.5 Å². The Labute approximate surface area is 221 Å². The van der Waals surface area contributed by atoms with E-state index in [4.69, 9.17) is 4.74 Å². The maximum Gasteiger partial charge on any atom is 0.407 e. The zero-order valence-corrected chi connectivity index (χ0v) is 21.0. The minimum atomic E-state index is -0.861. The van der Waals surface area contributed by atoms with E-state index in [0.717, 1.165) is 27.8 Å². The lowest BCUT2D eigenvalue weighted by Gasteiger charge is -2.20. The molecule has 0 aromatic heterocycles. The molecule has 5 rings (SSSR count). The van der Waals surface area contributed by atoms with Gasteiger partial charge in [0, 0.05) is 23.6 Å². The maximum atomic E-state index is 13.2. The van der Waals surface area contributed by atoms with Crippen molar-refractivity contribution < 1.29 is 19.1 Å². The summed E-state index contributed by atoms with van der Waals surface area (Å²) in [5.74, 6) is -0.506. The number of Topliss-reactive ketones (excluding diaryl/α,β-unsaturated/α-hetero) is 1. The molecule has 0 unspecified atom stereocenters. The van der Waals surface area contributed by atoms with Gasteiger partial charge >= 0.3 is 6.09 Å². The molecule has 4 aromatic rings.